The number of aromatic nitrogens is 1. The van der Waals surface area contributed by atoms with Gasteiger partial charge in [-0.15, -0.1) is 0 Å². The van der Waals surface area contributed by atoms with E-state index >= 15 is 0 Å². The predicted octanol–water partition coefficient (Wildman–Crippen LogP) is 2.66. The van der Waals surface area contributed by atoms with Crippen LogP contribution in [-0.2, 0) is 6.42 Å². The molecule has 1 aliphatic rings. The lowest BCUT2D eigenvalue weighted by Crippen LogP contribution is -2.22. The summed E-state index contributed by atoms with van der Waals surface area (Å²) in [6.45, 7) is 0. The second-order valence-corrected chi connectivity index (χ2v) is 4.84. The Morgan fingerprint density at radius 2 is 2.00 bits per heavy atom. The maximum absolute atomic E-state index is 6.11. The molecule has 1 aromatic carbocycles. The van der Waals surface area contributed by atoms with Gasteiger partial charge in [0, 0.05) is 22.8 Å². The quantitative estimate of drug-likeness (QED) is 0.849. The molecule has 0 spiro atoms. The second kappa shape index (κ2) is 3.56. The molecule has 16 heavy (non-hydrogen) atoms. The van der Waals surface area contributed by atoms with Crippen molar-refractivity contribution in [2.45, 2.75) is 31.2 Å². The Balaban J connectivity index is 1.90. The van der Waals surface area contributed by atoms with Crippen molar-refractivity contribution >= 4 is 10.8 Å². The minimum Gasteiger partial charge on any atom is -0.325 e. The summed E-state index contributed by atoms with van der Waals surface area (Å²) in [5, 5.41) is 2.55. The summed E-state index contributed by atoms with van der Waals surface area (Å²) in [4.78, 5) is 4.48. The molecule has 1 heterocycles. The van der Waals surface area contributed by atoms with Crippen LogP contribution < -0.4 is 5.73 Å². The number of pyridine rings is 1. The van der Waals surface area contributed by atoms with Gasteiger partial charge in [-0.3, -0.25) is 4.98 Å². The first kappa shape index (κ1) is 9.79. The lowest BCUT2D eigenvalue weighted by molar-refractivity contribution is 0.605. The number of rotatable bonds is 3. The van der Waals surface area contributed by atoms with Crippen molar-refractivity contribution < 1.29 is 0 Å². The molecule has 0 aliphatic heterocycles. The first-order chi connectivity index (χ1) is 7.77. The molecule has 0 bridgehead atoms. The number of fused-ring (bicyclic) bond motifs is 1. The molecule has 0 atom stereocenters. The van der Waals surface area contributed by atoms with Crippen LogP contribution in [0.4, 0.5) is 0 Å². The van der Waals surface area contributed by atoms with Crippen molar-refractivity contribution in [1.82, 2.24) is 4.98 Å². The van der Waals surface area contributed by atoms with Gasteiger partial charge in [-0.25, -0.2) is 0 Å². The SMILES string of the molecule is NC1(CCc2nccc3ccccc23)CC1. The molecule has 2 aromatic rings. The molecule has 2 N–H and O–H groups in total. The second-order valence-electron chi connectivity index (χ2n) is 4.84. The molecule has 0 amide bonds. The van der Waals surface area contributed by atoms with Crippen molar-refractivity contribution in [1.29, 1.82) is 0 Å². The van der Waals surface area contributed by atoms with Gasteiger partial charge in [-0.05, 0) is 37.1 Å². The molecular formula is C14H16N2. The molecule has 3 rings (SSSR count). The van der Waals surface area contributed by atoms with Crippen LogP contribution in [0.5, 0.6) is 0 Å². The van der Waals surface area contributed by atoms with Gasteiger partial charge < -0.3 is 5.73 Å². The predicted molar refractivity (Wildman–Crippen MR) is 66.2 cm³/mol. The molecule has 1 saturated carbocycles. The van der Waals surface area contributed by atoms with Gasteiger partial charge in [0.1, 0.15) is 0 Å². The largest absolute Gasteiger partial charge is 0.325 e. The molecule has 0 saturated heterocycles. The van der Waals surface area contributed by atoms with Crippen molar-refractivity contribution in [3.8, 4) is 0 Å². The van der Waals surface area contributed by atoms with Gasteiger partial charge in [0.05, 0.1) is 0 Å². The maximum atomic E-state index is 6.11. The molecule has 2 nitrogen and oxygen atoms in total. The van der Waals surface area contributed by atoms with Crippen molar-refractivity contribution in [3.05, 3.63) is 42.2 Å². The lowest BCUT2D eigenvalue weighted by Gasteiger charge is -2.09. The Hall–Kier alpha value is -1.41. The van der Waals surface area contributed by atoms with E-state index in [2.05, 4.69) is 35.3 Å². The molecule has 82 valence electrons. The van der Waals surface area contributed by atoms with Crippen molar-refractivity contribution in [2.24, 2.45) is 5.73 Å². The average molecular weight is 212 g/mol. The number of hydrogen-bond acceptors (Lipinski definition) is 2. The Kier molecular flexibility index (Phi) is 2.18. The van der Waals surface area contributed by atoms with Crippen LogP contribution in [0, 0.1) is 0 Å². The minimum atomic E-state index is 0.124. The average Bonchev–Trinajstić information content (AvgIpc) is 3.05. The zero-order valence-corrected chi connectivity index (χ0v) is 9.32. The van der Waals surface area contributed by atoms with Crippen LogP contribution in [0.2, 0.25) is 0 Å². The number of nitrogens with zero attached hydrogens (tertiary/aromatic N) is 1. The minimum absolute atomic E-state index is 0.124. The van der Waals surface area contributed by atoms with Gasteiger partial charge in [-0.2, -0.15) is 0 Å². The van der Waals surface area contributed by atoms with Gasteiger partial charge in [0.25, 0.3) is 0 Å². The third-order valence-electron chi connectivity index (χ3n) is 3.51. The number of aryl methyl sites for hydroxylation is 1. The van der Waals surface area contributed by atoms with E-state index in [0.717, 1.165) is 12.8 Å². The summed E-state index contributed by atoms with van der Waals surface area (Å²) in [6, 6.07) is 10.5. The van der Waals surface area contributed by atoms with Gasteiger partial charge in [-0.1, -0.05) is 24.3 Å². The zero-order valence-electron chi connectivity index (χ0n) is 9.32. The van der Waals surface area contributed by atoms with Crippen LogP contribution in [0.15, 0.2) is 36.5 Å². The zero-order chi connectivity index (χ0) is 11.0. The van der Waals surface area contributed by atoms with Crippen molar-refractivity contribution in [3.63, 3.8) is 0 Å². The van der Waals surface area contributed by atoms with Gasteiger partial charge in [0.15, 0.2) is 0 Å². The monoisotopic (exact) mass is 212 g/mol. The third kappa shape index (κ3) is 1.81. The molecule has 0 unspecified atom stereocenters. The van der Waals surface area contributed by atoms with Crippen molar-refractivity contribution in [2.75, 3.05) is 0 Å². The Bertz CT molecular complexity index is 510. The maximum Gasteiger partial charge on any atom is 0.0482 e. The van der Waals surface area contributed by atoms with Crippen LogP contribution in [-0.4, -0.2) is 10.5 Å². The summed E-state index contributed by atoms with van der Waals surface area (Å²) in [7, 11) is 0. The highest BCUT2D eigenvalue weighted by atomic mass is 14.8. The summed E-state index contributed by atoms with van der Waals surface area (Å²) < 4.78 is 0. The molecule has 1 aromatic heterocycles. The highest BCUT2D eigenvalue weighted by Gasteiger charge is 2.37. The van der Waals surface area contributed by atoms with Crippen LogP contribution in [0.1, 0.15) is 25.0 Å². The Morgan fingerprint density at radius 3 is 2.81 bits per heavy atom. The summed E-state index contributed by atoms with van der Waals surface area (Å²) >= 11 is 0. The summed E-state index contributed by atoms with van der Waals surface area (Å²) in [6.07, 6.45) is 6.31. The van der Waals surface area contributed by atoms with Crippen LogP contribution in [0.3, 0.4) is 0 Å². The normalized spacial score (nSPS) is 17.6. The van der Waals surface area contributed by atoms with E-state index < -0.39 is 0 Å². The van der Waals surface area contributed by atoms with E-state index in [9.17, 15) is 0 Å². The van der Waals surface area contributed by atoms with Crippen LogP contribution >= 0.6 is 0 Å². The van der Waals surface area contributed by atoms with E-state index in [1.54, 1.807) is 0 Å². The van der Waals surface area contributed by atoms with Gasteiger partial charge >= 0.3 is 0 Å². The third-order valence-corrected chi connectivity index (χ3v) is 3.51. The fraction of sp³-hybridized carbons (Fsp3) is 0.357. The molecule has 1 fully saturated rings. The summed E-state index contributed by atoms with van der Waals surface area (Å²) in [5.74, 6) is 0. The number of nitrogens with two attached hydrogens (primary N) is 1. The molecule has 0 radical (unpaired) electrons. The first-order valence-electron chi connectivity index (χ1n) is 5.88. The standard InChI is InChI=1S/C14H16N2/c15-14(8-9-14)7-5-13-12-4-2-1-3-11(12)6-10-16-13/h1-4,6,10H,5,7-9,15H2. The molecule has 1 aliphatic carbocycles. The summed E-state index contributed by atoms with van der Waals surface area (Å²) in [5.41, 5.74) is 7.42. The molecule has 2 heteroatoms. The van der Waals surface area contributed by atoms with Crippen LogP contribution in [0.25, 0.3) is 10.8 Å². The Morgan fingerprint density at radius 1 is 1.19 bits per heavy atom. The van der Waals surface area contributed by atoms with E-state index in [4.69, 9.17) is 5.73 Å². The lowest BCUT2D eigenvalue weighted by atomic mass is 10.0. The smallest absolute Gasteiger partial charge is 0.0482 e. The van der Waals surface area contributed by atoms with E-state index in [-0.39, 0.29) is 5.54 Å². The fourth-order valence-corrected chi connectivity index (χ4v) is 2.16. The van der Waals surface area contributed by atoms with E-state index in [1.165, 1.54) is 29.3 Å². The number of benzene rings is 1. The fourth-order valence-electron chi connectivity index (χ4n) is 2.16. The highest BCUT2D eigenvalue weighted by molar-refractivity contribution is 5.84. The molecular weight excluding hydrogens is 196 g/mol. The highest BCUT2D eigenvalue weighted by Crippen LogP contribution is 2.36. The number of hydrogen-bond donors (Lipinski definition) is 1. The topological polar surface area (TPSA) is 38.9 Å². The van der Waals surface area contributed by atoms with E-state index in [0.29, 0.717) is 0 Å². The Labute approximate surface area is 95.5 Å². The van der Waals surface area contributed by atoms with E-state index in [1.807, 2.05) is 6.20 Å². The van der Waals surface area contributed by atoms with Gasteiger partial charge in [0.2, 0.25) is 0 Å². The first-order valence-corrected chi connectivity index (χ1v) is 5.88.